The van der Waals surface area contributed by atoms with Gasteiger partial charge in [0.25, 0.3) is 0 Å². The smallest absolute Gasteiger partial charge is 0.242 e. The highest BCUT2D eigenvalue weighted by molar-refractivity contribution is 6.13. The molecule has 6 rings (SSSR count). The summed E-state index contributed by atoms with van der Waals surface area (Å²) in [5.41, 5.74) is 3.78. The molecule has 0 unspecified atom stereocenters. The number of amides is 1. The molecule has 0 aliphatic carbocycles. The molecule has 1 amide bonds. The Bertz CT molecular complexity index is 1280. The van der Waals surface area contributed by atoms with Crippen LogP contribution >= 0.6 is 0 Å². The first-order chi connectivity index (χ1) is 15.2. The third kappa shape index (κ3) is 2.75. The number of carbonyl (C=O) groups is 1. The van der Waals surface area contributed by atoms with Crippen molar-refractivity contribution in [1.82, 2.24) is 19.4 Å². The van der Waals surface area contributed by atoms with Crippen LogP contribution in [0.4, 0.5) is 11.4 Å². The average molecular weight is 412 g/mol. The highest BCUT2D eigenvalue weighted by atomic mass is 16.2. The van der Waals surface area contributed by atoms with Gasteiger partial charge in [0, 0.05) is 42.2 Å². The monoisotopic (exact) mass is 411 g/mol. The van der Waals surface area contributed by atoms with Gasteiger partial charge < -0.3 is 9.55 Å². The topological polar surface area (TPSA) is 57.2 Å². The summed E-state index contributed by atoms with van der Waals surface area (Å²) in [5.74, 6) is 1.27. The van der Waals surface area contributed by atoms with Crippen molar-refractivity contribution in [2.75, 3.05) is 18.0 Å². The molecule has 1 spiro atoms. The molecule has 1 N–H and O–H groups in total. The van der Waals surface area contributed by atoms with E-state index in [4.69, 9.17) is 0 Å². The van der Waals surface area contributed by atoms with Gasteiger partial charge in [-0.05, 0) is 61.8 Å². The SMILES string of the molecule is Cn1ccnc1CN1CCC2(CC1)C(=O)N(c1ccc3[nH]ccc3c1)c1ccccc12. The maximum atomic E-state index is 14.0. The summed E-state index contributed by atoms with van der Waals surface area (Å²) in [4.78, 5) is 26.0. The van der Waals surface area contributed by atoms with E-state index in [-0.39, 0.29) is 5.91 Å². The number of fused-ring (bicyclic) bond motifs is 3. The predicted octanol–water partition coefficient (Wildman–Crippen LogP) is 4.11. The normalized spacial score (nSPS) is 18.2. The molecule has 2 aromatic carbocycles. The van der Waals surface area contributed by atoms with Crippen molar-refractivity contribution in [1.29, 1.82) is 0 Å². The molecule has 156 valence electrons. The number of hydrogen-bond acceptors (Lipinski definition) is 3. The fraction of sp³-hybridized carbons (Fsp3) is 0.280. The predicted molar refractivity (Wildman–Crippen MR) is 121 cm³/mol. The molecule has 0 radical (unpaired) electrons. The zero-order valence-electron chi connectivity index (χ0n) is 17.6. The van der Waals surface area contributed by atoms with E-state index in [2.05, 4.69) is 55.8 Å². The molecule has 1 fully saturated rings. The van der Waals surface area contributed by atoms with Gasteiger partial charge in [0.1, 0.15) is 5.82 Å². The number of aromatic amines is 1. The number of benzene rings is 2. The number of nitrogens with zero attached hydrogens (tertiary/aromatic N) is 4. The molecule has 0 atom stereocenters. The molecule has 6 nitrogen and oxygen atoms in total. The summed E-state index contributed by atoms with van der Waals surface area (Å²) in [7, 11) is 2.03. The summed E-state index contributed by atoms with van der Waals surface area (Å²) in [6.07, 6.45) is 7.42. The average Bonchev–Trinajstić information content (AvgIpc) is 3.48. The summed E-state index contributed by atoms with van der Waals surface area (Å²) in [6, 6.07) is 16.6. The minimum atomic E-state index is -0.443. The molecule has 2 aromatic heterocycles. The first-order valence-corrected chi connectivity index (χ1v) is 10.9. The molecule has 2 aliphatic heterocycles. The van der Waals surface area contributed by atoms with E-state index >= 15 is 0 Å². The number of anilines is 2. The van der Waals surface area contributed by atoms with E-state index in [1.807, 2.05) is 42.7 Å². The quantitative estimate of drug-likeness (QED) is 0.552. The van der Waals surface area contributed by atoms with Crippen LogP contribution in [0.1, 0.15) is 24.2 Å². The molecular formula is C25H25N5O. The number of para-hydroxylation sites is 1. The van der Waals surface area contributed by atoms with Crippen LogP contribution in [0.5, 0.6) is 0 Å². The number of carbonyl (C=O) groups excluding carboxylic acids is 1. The van der Waals surface area contributed by atoms with Crippen LogP contribution < -0.4 is 4.90 Å². The second kappa shape index (κ2) is 6.82. The Hall–Kier alpha value is -3.38. The van der Waals surface area contributed by atoms with E-state index in [0.29, 0.717) is 0 Å². The van der Waals surface area contributed by atoms with Crippen molar-refractivity contribution in [3.63, 3.8) is 0 Å². The number of aryl methyl sites for hydroxylation is 1. The molecule has 4 heterocycles. The molecule has 0 saturated carbocycles. The van der Waals surface area contributed by atoms with Crippen LogP contribution in [-0.2, 0) is 23.8 Å². The van der Waals surface area contributed by atoms with Crippen LogP contribution in [0.25, 0.3) is 10.9 Å². The van der Waals surface area contributed by atoms with Gasteiger partial charge >= 0.3 is 0 Å². The Kier molecular flexibility index (Phi) is 4.05. The summed E-state index contributed by atoms with van der Waals surface area (Å²) in [5, 5.41) is 1.12. The van der Waals surface area contributed by atoms with Crippen LogP contribution in [0.2, 0.25) is 0 Å². The third-order valence-electron chi connectivity index (χ3n) is 7.06. The molecule has 4 aromatic rings. The van der Waals surface area contributed by atoms with Gasteiger partial charge in [0.2, 0.25) is 5.91 Å². The minimum Gasteiger partial charge on any atom is -0.361 e. The number of H-pyrrole nitrogens is 1. The van der Waals surface area contributed by atoms with Gasteiger partial charge in [-0.15, -0.1) is 0 Å². The largest absolute Gasteiger partial charge is 0.361 e. The standard InChI is InChI=1S/C25H25N5O/c1-28-15-12-27-23(28)17-29-13-9-25(10-14-29)20-4-2-3-5-22(20)30(24(25)31)19-6-7-21-18(16-19)8-11-26-21/h2-8,11-12,15-16,26H,9-10,13-14,17H2,1H3. The zero-order valence-corrected chi connectivity index (χ0v) is 17.6. The number of nitrogens with one attached hydrogen (secondary N) is 1. The van der Waals surface area contributed by atoms with E-state index in [9.17, 15) is 4.79 Å². The first kappa shape index (κ1) is 18.4. The van der Waals surface area contributed by atoms with Crippen molar-refractivity contribution in [3.8, 4) is 0 Å². The van der Waals surface area contributed by atoms with Crippen molar-refractivity contribution >= 4 is 28.2 Å². The van der Waals surface area contributed by atoms with Crippen molar-refractivity contribution in [2.45, 2.75) is 24.8 Å². The minimum absolute atomic E-state index is 0.209. The molecule has 31 heavy (non-hydrogen) atoms. The molecular weight excluding hydrogens is 386 g/mol. The number of rotatable bonds is 3. The van der Waals surface area contributed by atoms with Crippen molar-refractivity contribution in [2.24, 2.45) is 7.05 Å². The third-order valence-corrected chi connectivity index (χ3v) is 7.06. The maximum absolute atomic E-state index is 14.0. The number of imidazole rings is 1. The fourth-order valence-electron chi connectivity index (χ4n) is 5.27. The van der Waals surface area contributed by atoms with E-state index in [1.54, 1.807) is 0 Å². The van der Waals surface area contributed by atoms with E-state index in [1.165, 1.54) is 5.56 Å². The second-order valence-corrected chi connectivity index (χ2v) is 8.72. The molecule has 2 aliphatic rings. The molecule has 1 saturated heterocycles. The number of piperidine rings is 1. The van der Waals surface area contributed by atoms with Crippen LogP contribution in [0.3, 0.4) is 0 Å². The highest BCUT2D eigenvalue weighted by Crippen LogP contribution is 2.50. The van der Waals surface area contributed by atoms with Gasteiger partial charge in [-0.3, -0.25) is 14.6 Å². The lowest BCUT2D eigenvalue weighted by Gasteiger charge is -2.38. The Balaban J connectivity index is 1.33. The Morgan fingerprint density at radius 3 is 2.74 bits per heavy atom. The second-order valence-electron chi connectivity index (χ2n) is 8.72. The Morgan fingerprint density at radius 2 is 1.94 bits per heavy atom. The van der Waals surface area contributed by atoms with Gasteiger partial charge in [-0.1, -0.05) is 18.2 Å². The summed E-state index contributed by atoms with van der Waals surface area (Å²) >= 11 is 0. The number of hydrogen-bond donors (Lipinski definition) is 1. The highest BCUT2D eigenvalue weighted by Gasteiger charge is 2.52. The lowest BCUT2D eigenvalue weighted by atomic mass is 9.73. The van der Waals surface area contributed by atoms with E-state index < -0.39 is 5.41 Å². The Morgan fingerprint density at radius 1 is 1.10 bits per heavy atom. The lowest BCUT2D eigenvalue weighted by molar-refractivity contribution is -0.124. The van der Waals surface area contributed by atoms with Gasteiger partial charge in [0.05, 0.1) is 17.6 Å². The first-order valence-electron chi connectivity index (χ1n) is 10.9. The van der Waals surface area contributed by atoms with E-state index in [0.717, 1.165) is 60.6 Å². The maximum Gasteiger partial charge on any atom is 0.242 e. The number of aromatic nitrogens is 3. The van der Waals surface area contributed by atoms with Gasteiger partial charge in [-0.25, -0.2) is 4.98 Å². The summed E-state index contributed by atoms with van der Waals surface area (Å²) in [6.45, 7) is 2.60. The molecule has 0 bridgehead atoms. The van der Waals surface area contributed by atoms with Gasteiger partial charge in [-0.2, -0.15) is 0 Å². The van der Waals surface area contributed by atoms with Gasteiger partial charge in [0.15, 0.2) is 0 Å². The lowest BCUT2D eigenvalue weighted by Crippen LogP contribution is -2.47. The fourth-order valence-corrected chi connectivity index (χ4v) is 5.27. The Labute approximate surface area is 181 Å². The molecule has 6 heteroatoms. The van der Waals surface area contributed by atoms with Crippen molar-refractivity contribution < 1.29 is 4.79 Å². The van der Waals surface area contributed by atoms with Crippen LogP contribution in [-0.4, -0.2) is 38.4 Å². The van der Waals surface area contributed by atoms with Crippen LogP contribution in [0.15, 0.2) is 67.1 Å². The zero-order chi connectivity index (χ0) is 21.0. The summed E-state index contributed by atoms with van der Waals surface area (Å²) < 4.78 is 2.07. The van der Waals surface area contributed by atoms with Crippen molar-refractivity contribution in [3.05, 3.63) is 78.5 Å². The number of likely N-dealkylation sites (tertiary alicyclic amines) is 1. The van der Waals surface area contributed by atoms with Crippen LogP contribution in [0, 0.1) is 0 Å².